The second kappa shape index (κ2) is 6.08. The molecule has 1 aromatic heterocycles. The number of ether oxygens (including phenoxy) is 1. The van der Waals surface area contributed by atoms with Crippen molar-refractivity contribution in [1.82, 2.24) is 9.78 Å². The first-order valence-electron chi connectivity index (χ1n) is 6.46. The van der Waals surface area contributed by atoms with Gasteiger partial charge in [-0.1, -0.05) is 0 Å². The summed E-state index contributed by atoms with van der Waals surface area (Å²) in [5.74, 6) is -0.0324. The molecule has 1 aromatic carbocycles. The van der Waals surface area contributed by atoms with Gasteiger partial charge in [-0.25, -0.2) is 0 Å². The number of benzene rings is 1. The van der Waals surface area contributed by atoms with Crippen LogP contribution in [0.2, 0.25) is 0 Å². The zero-order chi connectivity index (χ0) is 16.3. The summed E-state index contributed by atoms with van der Waals surface area (Å²) < 4.78 is 43.9. The largest absolute Gasteiger partial charge is 0.494 e. The fraction of sp³-hybridized carbons (Fsp3) is 0.286. The quantitative estimate of drug-likeness (QED) is 0.943. The summed E-state index contributed by atoms with van der Waals surface area (Å²) in [5.41, 5.74) is -0.837. The average Bonchev–Trinajstić information content (AvgIpc) is 2.83. The van der Waals surface area contributed by atoms with Gasteiger partial charge in [0.15, 0.2) is 5.69 Å². The molecule has 8 heteroatoms. The van der Waals surface area contributed by atoms with Crippen LogP contribution in [0.5, 0.6) is 5.75 Å². The van der Waals surface area contributed by atoms with E-state index >= 15 is 0 Å². The zero-order valence-electron chi connectivity index (χ0n) is 11.9. The standard InChI is InChI=1S/C14H14F3N3O2/c1-3-22-10-6-4-9(5-7-10)18-13(21)11-8-12(14(15,16)17)19-20(11)2/h4-8H,3H2,1-2H3,(H,18,21). The van der Waals surface area contributed by atoms with E-state index in [1.54, 1.807) is 24.3 Å². The molecule has 0 unspecified atom stereocenters. The van der Waals surface area contributed by atoms with Crippen LogP contribution >= 0.6 is 0 Å². The second-order valence-electron chi connectivity index (χ2n) is 4.45. The third-order valence-corrected chi connectivity index (χ3v) is 2.83. The molecule has 0 saturated heterocycles. The Kier molecular flexibility index (Phi) is 4.39. The third kappa shape index (κ3) is 3.57. The van der Waals surface area contributed by atoms with Crippen LogP contribution in [0.3, 0.4) is 0 Å². The van der Waals surface area contributed by atoms with E-state index in [2.05, 4.69) is 10.4 Å². The molecule has 0 spiro atoms. The Bertz CT molecular complexity index is 663. The number of hydrogen-bond acceptors (Lipinski definition) is 3. The summed E-state index contributed by atoms with van der Waals surface area (Å²) in [6, 6.07) is 7.23. The van der Waals surface area contributed by atoms with E-state index < -0.39 is 17.8 Å². The Balaban J connectivity index is 2.13. The molecule has 0 aliphatic heterocycles. The molecule has 1 heterocycles. The highest BCUT2D eigenvalue weighted by Crippen LogP contribution is 2.28. The molecular weight excluding hydrogens is 299 g/mol. The molecule has 2 aromatic rings. The lowest BCUT2D eigenvalue weighted by molar-refractivity contribution is -0.141. The number of anilines is 1. The number of halogens is 3. The number of hydrogen-bond donors (Lipinski definition) is 1. The van der Waals surface area contributed by atoms with Gasteiger partial charge < -0.3 is 10.1 Å². The first kappa shape index (κ1) is 15.9. The van der Waals surface area contributed by atoms with E-state index in [4.69, 9.17) is 4.74 Å². The number of nitrogens with one attached hydrogen (secondary N) is 1. The molecule has 0 fully saturated rings. The summed E-state index contributed by atoms with van der Waals surface area (Å²) in [4.78, 5) is 12.0. The van der Waals surface area contributed by atoms with Crippen LogP contribution < -0.4 is 10.1 Å². The van der Waals surface area contributed by atoms with Crippen molar-refractivity contribution in [3.63, 3.8) is 0 Å². The van der Waals surface area contributed by atoms with Gasteiger partial charge in [-0.05, 0) is 31.2 Å². The van der Waals surface area contributed by atoms with Gasteiger partial charge in [0.2, 0.25) is 0 Å². The smallest absolute Gasteiger partial charge is 0.435 e. The molecule has 22 heavy (non-hydrogen) atoms. The predicted octanol–water partition coefficient (Wildman–Crippen LogP) is 3.09. The molecule has 5 nitrogen and oxygen atoms in total. The summed E-state index contributed by atoms with van der Waals surface area (Å²) in [6.45, 7) is 2.36. The van der Waals surface area contributed by atoms with Gasteiger partial charge in [0.1, 0.15) is 11.4 Å². The lowest BCUT2D eigenvalue weighted by Gasteiger charge is -2.07. The van der Waals surface area contributed by atoms with E-state index in [1.165, 1.54) is 7.05 Å². The number of amides is 1. The highest BCUT2D eigenvalue weighted by atomic mass is 19.4. The number of nitrogens with zero attached hydrogens (tertiary/aromatic N) is 2. The summed E-state index contributed by atoms with van der Waals surface area (Å²) in [6.07, 6.45) is -4.59. The van der Waals surface area contributed by atoms with Crippen LogP contribution in [0.25, 0.3) is 0 Å². The fourth-order valence-corrected chi connectivity index (χ4v) is 1.81. The third-order valence-electron chi connectivity index (χ3n) is 2.83. The number of aromatic nitrogens is 2. The number of rotatable bonds is 4. The summed E-state index contributed by atoms with van der Waals surface area (Å²) in [5, 5.41) is 5.80. The minimum absolute atomic E-state index is 0.179. The van der Waals surface area contributed by atoms with Crippen LogP contribution in [0, 0.1) is 0 Å². The Labute approximate surface area is 124 Å². The van der Waals surface area contributed by atoms with Gasteiger partial charge in [-0.15, -0.1) is 0 Å². The van der Waals surface area contributed by atoms with Gasteiger partial charge in [0.25, 0.3) is 5.91 Å². The lowest BCUT2D eigenvalue weighted by atomic mass is 10.2. The van der Waals surface area contributed by atoms with Crippen molar-refractivity contribution in [3.05, 3.63) is 41.7 Å². The van der Waals surface area contributed by atoms with E-state index in [0.717, 1.165) is 4.68 Å². The normalized spacial score (nSPS) is 11.3. The molecule has 118 valence electrons. The van der Waals surface area contributed by atoms with Crippen molar-refractivity contribution in [3.8, 4) is 5.75 Å². The van der Waals surface area contributed by atoms with Gasteiger partial charge in [-0.3, -0.25) is 9.48 Å². The average molecular weight is 313 g/mol. The monoisotopic (exact) mass is 313 g/mol. The maximum Gasteiger partial charge on any atom is 0.435 e. The lowest BCUT2D eigenvalue weighted by Crippen LogP contribution is -2.15. The van der Waals surface area contributed by atoms with Crippen molar-refractivity contribution >= 4 is 11.6 Å². The Hall–Kier alpha value is -2.51. The van der Waals surface area contributed by atoms with E-state index in [0.29, 0.717) is 24.1 Å². The fourth-order valence-electron chi connectivity index (χ4n) is 1.81. The number of carbonyl (C=O) groups is 1. The first-order valence-corrected chi connectivity index (χ1v) is 6.46. The van der Waals surface area contributed by atoms with Crippen LogP contribution in [-0.4, -0.2) is 22.3 Å². The van der Waals surface area contributed by atoms with Gasteiger partial charge in [-0.2, -0.15) is 18.3 Å². The molecule has 0 bridgehead atoms. The van der Waals surface area contributed by atoms with Crippen molar-refractivity contribution in [2.75, 3.05) is 11.9 Å². The van der Waals surface area contributed by atoms with Crippen molar-refractivity contribution in [2.24, 2.45) is 7.05 Å². The van der Waals surface area contributed by atoms with Crippen LogP contribution in [0.15, 0.2) is 30.3 Å². The molecule has 2 rings (SSSR count). The van der Waals surface area contributed by atoms with Gasteiger partial charge >= 0.3 is 6.18 Å². The number of alkyl halides is 3. The molecule has 1 amide bonds. The molecule has 0 atom stereocenters. The minimum atomic E-state index is -4.59. The van der Waals surface area contributed by atoms with E-state index in [-0.39, 0.29) is 5.69 Å². The summed E-state index contributed by atoms with van der Waals surface area (Å²) in [7, 11) is 1.28. The molecular formula is C14H14F3N3O2. The highest BCUT2D eigenvalue weighted by molar-refractivity contribution is 6.03. The van der Waals surface area contributed by atoms with Crippen LogP contribution in [0.4, 0.5) is 18.9 Å². The Morgan fingerprint density at radius 3 is 2.45 bits per heavy atom. The highest BCUT2D eigenvalue weighted by Gasteiger charge is 2.35. The maximum atomic E-state index is 12.6. The first-order chi connectivity index (χ1) is 10.3. The number of carbonyl (C=O) groups excluding carboxylic acids is 1. The van der Waals surface area contributed by atoms with Crippen molar-refractivity contribution in [2.45, 2.75) is 13.1 Å². The van der Waals surface area contributed by atoms with E-state index in [1.807, 2.05) is 6.92 Å². The SMILES string of the molecule is CCOc1ccc(NC(=O)c2cc(C(F)(F)F)nn2C)cc1. The molecule has 1 N–H and O–H groups in total. The van der Waals surface area contributed by atoms with Crippen LogP contribution in [0.1, 0.15) is 23.1 Å². The second-order valence-corrected chi connectivity index (χ2v) is 4.45. The van der Waals surface area contributed by atoms with Gasteiger partial charge in [0, 0.05) is 18.8 Å². The minimum Gasteiger partial charge on any atom is -0.494 e. The number of aryl methyl sites for hydroxylation is 1. The van der Waals surface area contributed by atoms with Crippen molar-refractivity contribution in [1.29, 1.82) is 0 Å². The Morgan fingerprint density at radius 1 is 1.32 bits per heavy atom. The van der Waals surface area contributed by atoms with Gasteiger partial charge in [0.05, 0.1) is 6.61 Å². The topological polar surface area (TPSA) is 56.1 Å². The zero-order valence-corrected chi connectivity index (χ0v) is 11.9. The maximum absolute atomic E-state index is 12.6. The van der Waals surface area contributed by atoms with Crippen molar-refractivity contribution < 1.29 is 22.7 Å². The van der Waals surface area contributed by atoms with Crippen LogP contribution in [-0.2, 0) is 13.2 Å². The Morgan fingerprint density at radius 2 is 1.95 bits per heavy atom. The predicted molar refractivity (Wildman–Crippen MR) is 73.8 cm³/mol. The molecule has 0 saturated carbocycles. The molecule has 0 aliphatic rings. The molecule has 0 radical (unpaired) electrons. The van der Waals surface area contributed by atoms with E-state index in [9.17, 15) is 18.0 Å². The molecule has 0 aliphatic carbocycles. The summed E-state index contributed by atoms with van der Waals surface area (Å²) >= 11 is 0.